The molecule has 0 unspecified atom stereocenters. The van der Waals surface area contributed by atoms with Gasteiger partial charge in [0.15, 0.2) is 0 Å². The van der Waals surface area contributed by atoms with Gasteiger partial charge < -0.3 is 15.2 Å². The lowest BCUT2D eigenvalue weighted by Gasteiger charge is -2.15. The first-order chi connectivity index (χ1) is 9.92. The molecule has 114 valence electrons. The van der Waals surface area contributed by atoms with Gasteiger partial charge in [0.25, 0.3) is 0 Å². The van der Waals surface area contributed by atoms with Crippen LogP contribution in [0.4, 0.5) is 5.69 Å². The van der Waals surface area contributed by atoms with Crippen LogP contribution >= 0.6 is 11.6 Å². The van der Waals surface area contributed by atoms with E-state index in [1.54, 1.807) is 12.1 Å². The molecule has 2 rings (SSSR count). The zero-order chi connectivity index (χ0) is 15.6. The largest absolute Gasteiger partial charge is 0.495 e. The summed E-state index contributed by atoms with van der Waals surface area (Å²) in [4.78, 5) is 23.2. The van der Waals surface area contributed by atoms with E-state index in [0.717, 1.165) is 5.56 Å². The van der Waals surface area contributed by atoms with Crippen LogP contribution in [-0.4, -0.2) is 24.1 Å². The molecular formula is C15H18ClNO4. The van der Waals surface area contributed by atoms with Crippen LogP contribution in [-0.2, 0) is 9.59 Å². The number of halogens is 1. The Balaban J connectivity index is 2.10. The molecule has 0 spiro atoms. The molecule has 1 amide bonds. The van der Waals surface area contributed by atoms with Crippen molar-refractivity contribution in [3.63, 3.8) is 0 Å². The van der Waals surface area contributed by atoms with E-state index in [0.29, 0.717) is 35.7 Å². The van der Waals surface area contributed by atoms with Crippen molar-refractivity contribution in [2.45, 2.75) is 26.2 Å². The zero-order valence-electron chi connectivity index (χ0n) is 12.0. The van der Waals surface area contributed by atoms with Crippen molar-refractivity contribution < 1.29 is 19.4 Å². The maximum absolute atomic E-state index is 12.3. The zero-order valence-corrected chi connectivity index (χ0v) is 12.7. The van der Waals surface area contributed by atoms with Crippen LogP contribution in [0.15, 0.2) is 12.1 Å². The molecular weight excluding hydrogens is 294 g/mol. The van der Waals surface area contributed by atoms with E-state index in [1.807, 2.05) is 6.92 Å². The number of hydrogen-bond donors (Lipinski definition) is 2. The van der Waals surface area contributed by atoms with Crippen molar-refractivity contribution in [3.8, 4) is 5.75 Å². The van der Waals surface area contributed by atoms with Crippen LogP contribution in [0.2, 0.25) is 5.02 Å². The second-order valence-corrected chi connectivity index (χ2v) is 5.74. The van der Waals surface area contributed by atoms with Crippen molar-refractivity contribution in [1.82, 2.24) is 0 Å². The first kappa shape index (κ1) is 15.6. The Bertz CT molecular complexity index is 573. The third-order valence-electron chi connectivity index (χ3n) is 3.89. The minimum Gasteiger partial charge on any atom is -0.495 e. The lowest BCUT2D eigenvalue weighted by atomic mass is 10.0. The molecule has 5 nitrogen and oxygen atoms in total. The van der Waals surface area contributed by atoms with Gasteiger partial charge in [0.05, 0.1) is 18.7 Å². The first-order valence-electron chi connectivity index (χ1n) is 6.80. The van der Waals surface area contributed by atoms with E-state index >= 15 is 0 Å². The predicted molar refractivity (Wildman–Crippen MR) is 79.8 cm³/mol. The Morgan fingerprint density at radius 3 is 2.57 bits per heavy atom. The molecule has 0 bridgehead atoms. The van der Waals surface area contributed by atoms with Gasteiger partial charge in [-0.25, -0.2) is 0 Å². The molecule has 0 aromatic heterocycles. The normalized spacial score (nSPS) is 21.1. The number of anilines is 1. The summed E-state index contributed by atoms with van der Waals surface area (Å²) in [6, 6.07) is 3.41. The molecule has 0 radical (unpaired) electrons. The van der Waals surface area contributed by atoms with Gasteiger partial charge in [-0.05, 0) is 37.8 Å². The molecule has 1 aromatic carbocycles. The van der Waals surface area contributed by atoms with Gasteiger partial charge >= 0.3 is 5.97 Å². The fraction of sp³-hybridized carbons (Fsp3) is 0.467. The topological polar surface area (TPSA) is 75.6 Å². The Labute approximate surface area is 128 Å². The molecule has 0 aliphatic heterocycles. The fourth-order valence-corrected chi connectivity index (χ4v) is 2.76. The number of methoxy groups -OCH3 is 1. The molecule has 2 N–H and O–H groups in total. The molecule has 2 atom stereocenters. The highest BCUT2D eigenvalue weighted by Gasteiger charge is 2.34. The van der Waals surface area contributed by atoms with Gasteiger partial charge in [0, 0.05) is 17.0 Å². The number of carboxylic acids is 1. The number of benzene rings is 1. The van der Waals surface area contributed by atoms with Crippen LogP contribution in [0.1, 0.15) is 24.8 Å². The van der Waals surface area contributed by atoms with E-state index < -0.39 is 11.9 Å². The highest BCUT2D eigenvalue weighted by Crippen LogP contribution is 2.34. The number of carbonyl (C=O) groups is 2. The predicted octanol–water partition coefficient (Wildman–Crippen LogP) is 3.10. The fourth-order valence-electron chi connectivity index (χ4n) is 2.61. The molecule has 6 heteroatoms. The third kappa shape index (κ3) is 3.47. The van der Waals surface area contributed by atoms with Gasteiger partial charge in [-0.1, -0.05) is 11.6 Å². The van der Waals surface area contributed by atoms with Crippen molar-refractivity contribution in [2.24, 2.45) is 11.8 Å². The lowest BCUT2D eigenvalue weighted by molar-refractivity contribution is -0.141. The summed E-state index contributed by atoms with van der Waals surface area (Å²) in [5.41, 5.74) is 1.39. The molecule has 1 aromatic rings. The number of nitrogens with one attached hydrogen (secondary N) is 1. The van der Waals surface area contributed by atoms with Crippen LogP contribution < -0.4 is 10.1 Å². The molecule has 1 aliphatic rings. The maximum atomic E-state index is 12.3. The molecule has 0 saturated heterocycles. The average Bonchev–Trinajstić information content (AvgIpc) is 2.92. The molecule has 1 saturated carbocycles. The number of hydrogen-bond acceptors (Lipinski definition) is 3. The number of rotatable bonds is 4. The van der Waals surface area contributed by atoms with Crippen molar-refractivity contribution in [2.75, 3.05) is 12.4 Å². The van der Waals surface area contributed by atoms with E-state index in [9.17, 15) is 9.59 Å². The number of aliphatic carboxylic acids is 1. The molecule has 21 heavy (non-hydrogen) atoms. The van der Waals surface area contributed by atoms with Gasteiger partial charge in [-0.2, -0.15) is 0 Å². The average molecular weight is 312 g/mol. The summed E-state index contributed by atoms with van der Waals surface area (Å²) in [6.07, 6.45) is 1.53. The quantitative estimate of drug-likeness (QED) is 0.896. The Morgan fingerprint density at radius 1 is 1.33 bits per heavy atom. The standard InChI is InChI=1S/C15H18ClNO4/c1-8-5-12(13(21-2)7-11(8)16)17-14(18)9-3-4-10(6-9)15(19)20/h5,7,9-10H,3-4,6H2,1-2H3,(H,17,18)(H,19,20)/t9-,10+/m1/s1. The van der Waals surface area contributed by atoms with E-state index in [4.69, 9.17) is 21.4 Å². The smallest absolute Gasteiger partial charge is 0.306 e. The Kier molecular flexibility index (Phi) is 4.73. The second kappa shape index (κ2) is 6.35. The third-order valence-corrected chi connectivity index (χ3v) is 4.30. The molecule has 1 fully saturated rings. The van der Waals surface area contributed by atoms with Crippen molar-refractivity contribution >= 4 is 29.2 Å². The van der Waals surface area contributed by atoms with Crippen LogP contribution in [0.3, 0.4) is 0 Å². The molecule has 0 heterocycles. The van der Waals surface area contributed by atoms with Crippen LogP contribution in [0, 0.1) is 18.8 Å². The van der Waals surface area contributed by atoms with Crippen molar-refractivity contribution in [3.05, 3.63) is 22.7 Å². The summed E-state index contributed by atoms with van der Waals surface area (Å²) < 4.78 is 5.21. The number of amides is 1. The highest BCUT2D eigenvalue weighted by molar-refractivity contribution is 6.31. The summed E-state index contributed by atoms with van der Waals surface area (Å²) in [7, 11) is 1.51. The molecule has 1 aliphatic carbocycles. The van der Waals surface area contributed by atoms with E-state index in [-0.39, 0.29) is 11.8 Å². The van der Waals surface area contributed by atoms with Crippen LogP contribution in [0.5, 0.6) is 5.75 Å². The Morgan fingerprint density at radius 2 is 2.00 bits per heavy atom. The van der Waals surface area contributed by atoms with Gasteiger partial charge in [-0.3, -0.25) is 9.59 Å². The summed E-state index contributed by atoms with van der Waals surface area (Å²) in [5.74, 6) is -1.20. The SMILES string of the molecule is COc1cc(Cl)c(C)cc1NC(=O)[C@@H]1CC[C@H](C(=O)O)C1. The summed E-state index contributed by atoms with van der Waals surface area (Å²) in [6.45, 7) is 1.84. The number of ether oxygens (including phenoxy) is 1. The van der Waals surface area contributed by atoms with Crippen LogP contribution in [0.25, 0.3) is 0 Å². The van der Waals surface area contributed by atoms with Gasteiger partial charge in [0.1, 0.15) is 5.75 Å². The summed E-state index contributed by atoms with van der Waals surface area (Å²) >= 11 is 6.02. The number of carboxylic acid groups (broad SMARTS) is 1. The monoisotopic (exact) mass is 311 g/mol. The Hall–Kier alpha value is -1.75. The highest BCUT2D eigenvalue weighted by atomic mass is 35.5. The minimum atomic E-state index is -0.829. The first-order valence-corrected chi connectivity index (χ1v) is 7.18. The van der Waals surface area contributed by atoms with E-state index in [1.165, 1.54) is 7.11 Å². The number of aryl methyl sites for hydroxylation is 1. The number of carbonyl (C=O) groups excluding carboxylic acids is 1. The van der Waals surface area contributed by atoms with Crippen molar-refractivity contribution in [1.29, 1.82) is 0 Å². The second-order valence-electron chi connectivity index (χ2n) is 5.34. The maximum Gasteiger partial charge on any atom is 0.306 e. The summed E-state index contributed by atoms with van der Waals surface area (Å²) in [5, 5.41) is 12.4. The van der Waals surface area contributed by atoms with E-state index in [2.05, 4.69) is 5.32 Å². The van der Waals surface area contributed by atoms with Gasteiger partial charge in [0.2, 0.25) is 5.91 Å². The minimum absolute atomic E-state index is 0.168. The van der Waals surface area contributed by atoms with Gasteiger partial charge in [-0.15, -0.1) is 0 Å². The lowest BCUT2D eigenvalue weighted by Crippen LogP contribution is -2.22.